The first-order valence-electron chi connectivity index (χ1n) is 8.80. The Morgan fingerprint density at radius 2 is 1.85 bits per heavy atom. The van der Waals surface area contributed by atoms with Crippen molar-refractivity contribution in [1.29, 1.82) is 0 Å². The zero-order valence-electron chi connectivity index (χ0n) is 15.9. The fourth-order valence-corrected chi connectivity index (χ4v) is 3.18. The minimum Gasteiger partial charge on any atom is -0.479 e. The molecule has 6 nitrogen and oxygen atoms in total. The third kappa shape index (κ3) is 4.45. The number of esters is 2. The van der Waals surface area contributed by atoms with Crippen LogP contribution in [0.5, 0.6) is 0 Å². The highest BCUT2D eigenvalue weighted by Crippen LogP contribution is 2.42. The van der Waals surface area contributed by atoms with Gasteiger partial charge in [-0.15, -0.1) is 0 Å². The van der Waals surface area contributed by atoms with Crippen molar-refractivity contribution in [2.24, 2.45) is 0 Å². The van der Waals surface area contributed by atoms with Crippen LogP contribution in [-0.4, -0.2) is 32.3 Å². The van der Waals surface area contributed by atoms with Crippen LogP contribution in [0.4, 0.5) is 0 Å². The standard InChI is InChI=1S/C20H24ClNO5/c1-5-11-27-18-17(20(24)26-6-2)16(13-9-7-8-10-14(13)21)15(12(3)22-18)19(23)25-4/h7-10,16,22H,5-6,11H2,1-4H3. The summed E-state index contributed by atoms with van der Waals surface area (Å²) in [5, 5.41) is 3.44. The SMILES string of the molecule is CCCOC1=C(C(=O)OCC)C(c2ccccc2Cl)C(C(=O)OC)=C(C)N1. The monoisotopic (exact) mass is 393 g/mol. The zero-order valence-corrected chi connectivity index (χ0v) is 16.7. The molecule has 0 bridgehead atoms. The van der Waals surface area contributed by atoms with E-state index in [1.54, 1.807) is 38.1 Å². The molecule has 7 heteroatoms. The molecule has 1 aliphatic heterocycles. The zero-order chi connectivity index (χ0) is 20.0. The Morgan fingerprint density at radius 3 is 2.44 bits per heavy atom. The Morgan fingerprint density at radius 1 is 1.15 bits per heavy atom. The van der Waals surface area contributed by atoms with Gasteiger partial charge in [0.25, 0.3) is 0 Å². The molecule has 1 aromatic rings. The number of hydrogen-bond acceptors (Lipinski definition) is 6. The smallest absolute Gasteiger partial charge is 0.340 e. The summed E-state index contributed by atoms with van der Waals surface area (Å²) in [6.45, 7) is 6.00. The predicted octanol–water partition coefficient (Wildman–Crippen LogP) is 3.68. The molecular formula is C20H24ClNO5. The Bertz CT molecular complexity index is 784. The number of halogens is 1. The second-order valence-corrected chi connectivity index (χ2v) is 6.33. The van der Waals surface area contributed by atoms with Gasteiger partial charge >= 0.3 is 11.9 Å². The van der Waals surface area contributed by atoms with E-state index in [1.165, 1.54) is 7.11 Å². The van der Waals surface area contributed by atoms with Crippen LogP contribution in [0.25, 0.3) is 0 Å². The summed E-state index contributed by atoms with van der Waals surface area (Å²) in [7, 11) is 1.29. The molecule has 2 rings (SSSR count). The number of benzene rings is 1. The van der Waals surface area contributed by atoms with Crippen molar-refractivity contribution >= 4 is 23.5 Å². The first-order valence-corrected chi connectivity index (χ1v) is 9.18. The Hall–Kier alpha value is -2.47. The van der Waals surface area contributed by atoms with Crippen LogP contribution in [0.2, 0.25) is 5.02 Å². The number of nitrogens with one attached hydrogen (secondary N) is 1. The molecule has 1 aromatic carbocycles. The number of carbonyl (C=O) groups excluding carboxylic acids is 2. The predicted molar refractivity (Wildman–Crippen MR) is 102 cm³/mol. The van der Waals surface area contributed by atoms with E-state index in [-0.39, 0.29) is 23.6 Å². The quantitative estimate of drug-likeness (QED) is 0.712. The van der Waals surface area contributed by atoms with Gasteiger partial charge in [0.15, 0.2) is 0 Å². The van der Waals surface area contributed by atoms with Crippen LogP contribution in [0.1, 0.15) is 38.7 Å². The van der Waals surface area contributed by atoms with Crippen molar-refractivity contribution < 1.29 is 23.8 Å². The molecule has 0 saturated heterocycles. The molecule has 1 N–H and O–H groups in total. The number of rotatable bonds is 7. The fraction of sp³-hybridized carbons (Fsp3) is 0.400. The Kier molecular flexibility index (Phi) is 7.30. The molecule has 1 atom stereocenters. The van der Waals surface area contributed by atoms with Gasteiger partial charge in [0.1, 0.15) is 5.57 Å². The number of ether oxygens (including phenoxy) is 3. The molecule has 0 amide bonds. The highest BCUT2D eigenvalue weighted by atomic mass is 35.5. The molecule has 0 fully saturated rings. The summed E-state index contributed by atoms with van der Waals surface area (Å²) in [6, 6.07) is 7.05. The lowest BCUT2D eigenvalue weighted by Crippen LogP contribution is -2.34. The maximum absolute atomic E-state index is 12.8. The maximum Gasteiger partial charge on any atom is 0.340 e. The van der Waals surface area contributed by atoms with E-state index in [9.17, 15) is 9.59 Å². The summed E-state index contributed by atoms with van der Waals surface area (Å²) in [4.78, 5) is 25.4. The normalized spacial score (nSPS) is 16.7. The van der Waals surface area contributed by atoms with Gasteiger partial charge in [-0.1, -0.05) is 36.7 Å². The minimum absolute atomic E-state index is 0.189. The van der Waals surface area contributed by atoms with E-state index in [2.05, 4.69) is 5.32 Å². The van der Waals surface area contributed by atoms with Gasteiger partial charge in [-0.3, -0.25) is 0 Å². The van der Waals surface area contributed by atoms with E-state index in [1.807, 2.05) is 6.92 Å². The van der Waals surface area contributed by atoms with Crippen LogP contribution in [0.3, 0.4) is 0 Å². The van der Waals surface area contributed by atoms with Gasteiger partial charge in [-0.05, 0) is 31.9 Å². The van der Waals surface area contributed by atoms with Gasteiger partial charge in [-0.25, -0.2) is 9.59 Å². The van der Waals surface area contributed by atoms with E-state index < -0.39 is 17.9 Å². The van der Waals surface area contributed by atoms with Crippen molar-refractivity contribution in [3.8, 4) is 0 Å². The average Bonchev–Trinajstić information content (AvgIpc) is 2.65. The van der Waals surface area contributed by atoms with Crippen molar-refractivity contribution in [1.82, 2.24) is 5.32 Å². The topological polar surface area (TPSA) is 73.9 Å². The Labute approximate surface area is 164 Å². The van der Waals surface area contributed by atoms with Crippen LogP contribution < -0.4 is 5.32 Å². The summed E-state index contributed by atoms with van der Waals surface area (Å²) in [6.07, 6.45) is 0.755. The number of carbonyl (C=O) groups is 2. The van der Waals surface area contributed by atoms with Crippen LogP contribution in [0, 0.1) is 0 Å². The van der Waals surface area contributed by atoms with Crippen LogP contribution in [-0.2, 0) is 23.8 Å². The second-order valence-electron chi connectivity index (χ2n) is 5.92. The van der Waals surface area contributed by atoms with Gasteiger partial charge in [0.05, 0.1) is 31.8 Å². The largest absolute Gasteiger partial charge is 0.479 e. The molecule has 1 aliphatic rings. The maximum atomic E-state index is 12.8. The molecule has 27 heavy (non-hydrogen) atoms. The molecule has 0 saturated carbocycles. The average molecular weight is 394 g/mol. The lowest BCUT2D eigenvalue weighted by molar-refractivity contribution is -0.139. The number of methoxy groups -OCH3 is 1. The third-order valence-corrected chi connectivity index (χ3v) is 4.44. The number of hydrogen-bond donors (Lipinski definition) is 1. The summed E-state index contributed by atoms with van der Waals surface area (Å²) in [5.74, 6) is -1.63. The van der Waals surface area contributed by atoms with Gasteiger partial charge in [0.2, 0.25) is 5.88 Å². The van der Waals surface area contributed by atoms with Crippen molar-refractivity contribution in [2.75, 3.05) is 20.3 Å². The van der Waals surface area contributed by atoms with E-state index >= 15 is 0 Å². The van der Waals surface area contributed by atoms with Gasteiger partial charge < -0.3 is 19.5 Å². The lowest BCUT2D eigenvalue weighted by Gasteiger charge is -2.31. The van der Waals surface area contributed by atoms with Crippen LogP contribution in [0.15, 0.2) is 47.0 Å². The molecule has 0 radical (unpaired) electrons. The van der Waals surface area contributed by atoms with Crippen LogP contribution >= 0.6 is 11.6 Å². The minimum atomic E-state index is -0.765. The molecule has 0 aliphatic carbocycles. The molecule has 1 unspecified atom stereocenters. The second kappa shape index (κ2) is 9.46. The summed E-state index contributed by atoms with van der Waals surface area (Å²) >= 11 is 6.41. The first-order chi connectivity index (χ1) is 13.0. The number of allylic oxidation sites excluding steroid dienone is 1. The first kappa shape index (κ1) is 20.8. The molecule has 1 heterocycles. The lowest BCUT2D eigenvalue weighted by atomic mass is 9.81. The van der Waals surface area contributed by atoms with E-state index in [4.69, 9.17) is 25.8 Å². The molecule has 0 spiro atoms. The van der Waals surface area contributed by atoms with E-state index in [0.717, 1.165) is 6.42 Å². The van der Waals surface area contributed by atoms with Crippen molar-refractivity contribution in [2.45, 2.75) is 33.1 Å². The fourth-order valence-electron chi connectivity index (χ4n) is 2.94. The molecular weight excluding hydrogens is 370 g/mol. The number of dihydropyridines is 1. The van der Waals surface area contributed by atoms with Crippen molar-refractivity contribution in [3.63, 3.8) is 0 Å². The third-order valence-electron chi connectivity index (χ3n) is 4.09. The van der Waals surface area contributed by atoms with Gasteiger partial charge in [-0.2, -0.15) is 0 Å². The summed E-state index contributed by atoms with van der Waals surface area (Å²) in [5.41, 5.74) is 1.62. The highest BCUT2D eigenvalue weighted by Gasteiger charge is 2.40. The van der Waals surface area contributed by atoms with E-state index in [0.29, 0.717) is 22.9 Å². The highest BCUT2D eigenvalue weighted by molar-refractivity contribution is 6.31. The summed E-state index contributed by atoms with van der Waals surface area (Å²) < 4.78 is 16.0. The molecule has 0 aromatic heterocycles. The van der Waals surface area contributed by atoms with Crippen molar-refractivity contribution in [3.05, 3.63) is 57.6 Å². The van der Waals surface area contributed by atoms with Gasteiger partial charge in [0, 0.05) is 10.7 Å². The Balaban J connectivity index is 2.72. The molecule has 146 valence electrons.